The molecular weight excluding hydrogens is 226 g/mol. The first-order valence-electron chi connectivity index (χ1n) is 4.47. The fraction of sp³-hybridized carbons (Fsp3) is 0. The van der Waals surface area contributed by atoms with E-state index in [2.05, 4.69) is 25.7 Å². The third-order valence-electron chi connectivity index (χ3n) is 1.81. The van der Waals surface area contributed by atoms with Gasteiger partial charge in [-0.3, -0.25) is 10.2 Å². The van der Waals surface area contributed by atoms with Crippen LogP contribution in [0, 0.1) is 4.77 Å². The normalized spacial score (nSPS) is 10.8. The largest absolute Gasteiger partial charge is 0.507 e. The Bertz CT molecular complexity index is 559. The summed E-state index contributed by atoms with van der Waals surface area (Å²) in [5.74, 6) is 0.583. The first-order chi connectivity index (χ1) is 7.75. The molecule has 1 aromatic carbocycles. The first-order valence-corrected chi connectivity index (χ1v) is 4.88. The van der Waals surface area contributed by atoms with E-state index in [1.807, 2.05) is 6.07 Å². The Morgan fingerprint density at radius 1 is 1.38 bits per heavy atom. The van der Waals surface area contributed by atoms with Crippen LogP contribution in [-0.4, -0.2) is 26.5 Å². The van der Waals surface area contributed by atoms with E-state index in [4.69, 9.17) is 12.2 Å². The number of aromatic nitrogens is 3. The number of phenols is 1. The molecule has 0 saturated carbocycles. The van der Waals surface area contributed by atoms with Crippen LogP contribution < -0.4 is 5.43 Å². The van der Waals surface area contributed by atoms with Crippen molar-refractivity contribution in [3.8, 4) is 5.75 Å². The second-order valence-corrected chi connectivity index (χ2v) is 3.33. The Morgan fingerprint density at radius 2 is 2.19 bits per heavy atom. The molecule has 0 spiro atoms. The maximum atomic E-state index is 9.45. The molecule has 1 heterocycles. The monoisotopic (exact) mass is 235 g/mol. The number of para-hydroxylation sites is 1. The van der Waals surface area contributed by atoms with Gasteiger partial charge in [-0.25, -0.2) is 5.43 Å². The number of hydrogen-bond acceptors (Lipinski definition) is 5. The summed E-state index contributed by atoms with van der Waals surface area (Å²) in [6.07, 6.45) is 1.49. The van der Waals surface area contributed by atoms with Crippen molar-refractivity contribution in [2.75, 3.05) is 5.43 Å². The molecule has 0 amide bonds. The molecule has 16 heavy (non-hydrogen) atoms. The molecule has 6 nitrogen and oxygen atoms in total. The highest BCUT2D eigenvalue weighted by Crippen LogP contribution is 2.12. The van der Waals surface area contributed by atoms with E-state index >= 15 is 0 Å². The Hall–Kier alpha value is -2.15. The molecular formula is C9H9N5OS. The predicted octanol–water partition coefficient (Wildman–Crippen LogP) is 1.62. The standard InChI is InChI=1S/C9H9N5OS/c15-7-4-2-1-3-6(7)5-10-12-8-11-9(16)14-13-8/h1-5,15H,(H3,11,12,13,14,16)/b10-5-. The molecule has 1 aromatic heterocycles. The third-order valence-corrected chi connectivity index (χ3v) is 2.01. The highest BCUT2D eigenvalue weighted by atomic mass is 32.1. The molecule has 0 aliphatic carbocycles. The van der Waals surface area contributed by atoms with Crippen molar-refractivity contribution in [1.29, 1.82) is 0 Å². The molecule has 7 heteroatoms. The lowest BCUT2D eigenvalue weighted by molar-refractivity contribution is 0.474. The number of nitrogens with one attached hydrogen (secondary N) is 3. The average molecular weight is 235 g/mol. The summed E-state index contributed by atoms with van der Waals surface area (Å²) >= 11 is 4.77. The average Bonchev–Trinajstić information content (AvgIpc) is 2.67. The second-order valence-electron chi connectivity index (χ2n) is 2.94. The van der Waals surface area contributed by atoms with Gasteiger partial charge in [0.05, 0.1) is 6.21 Å². The number of hydrazone groups is 1. The highest BCUT2D eigenvalue weighted by molar-refractivity contribution is 7.71. The van der Waals surface area contributed by atoms with Gasteiger partial charge in [0.15, 0.2) is 0 Å². The summed E-state index contributed by atoms with van der Waals surface area (Å²) in [4.78, 5) is 3.88. The van der Waals surface area contributed by atoms with Crippen molar-refractivity contribution in [2.24, 2.45) is 5.10 Å². The van der Waals surface area contributed by atoms with E-state index in [0.29, 0.717) is 16.3 Å². The van der Waals surface area contributed by atoms with Gasteiger partial charge >= 0.3 is 0 Å². The zero-order valence-corrected chi connectivity index (χ0v) is 8.95. The van der Waals surface area contributed by atoms with Gasteiger partial charge in [-0.2, -0.15) is 10.1 Å². The molecule has 2 aromatic rings. The van der Waals surface area contributed by atoms with Gasteiger partial charge < -0.3 is 5.11 Å². The highest BCUT2D eigenvalue weighted by Gasteiger charge is 1.95. The van der Waals surface area contributed by atoms with Crippen LogP contribution in [0.15, 0.2) is 29.4 Å². The SMILES string of the molecule is Oc1ccccc1/C=N\Nc1nc(=S)[nH][nH]1. The van der Waals surface area contributed by atoms with E-state index in [-0.39, 0.29) is 5.75 Å². The molecule has 0 unspecified atom stereocenters. The van der Waals surface area contributed by atoms with Crippen LogP contribution >= 0.6 is 12.2 Å². The molecule has 0 saturated heterocycles. The van der Waals surface area contributed by atoms with Gasteiger partial charge in [0.25, 0.3) is 0 Å². The summed E-state index contributed by atoms with van der Waals surface area (Å²) in [7, 11) is 0. The number of anilines is 1. The Morgan fingerprint density at radius 3 is 2.88 bits per heavy atom. The number of nitrogens with zero attached hydrogens (tertiary/aromatic N) is 2. The van der Waals surface area contributed by atoms with Crippen molar-refractivity contribution in [2.45, 2.75) is 0 Å². The van der Waals surface area contributed by atoms with Crippen molar-refractivity contribution in [1.82, 2.24) is 15.2 Å². The van der Waals surface area contributed by atoms with Crippen LogP contribution in [0.3, 0.4) is 0 Å². The number of benzene rings is 1. The smallest absolute Gasteiger partial charge is 0.238 e. The van der Waals surface area contributed by atoms with Crippen LogP contribution in [0.25, 0.3) is 0 Å². The lowest BCUT2D eigenvalue weighted by Gasteiger charge is -1.96. The van der Waals surface area contributed by atoms with Gasteiger partial charge in [0.1, 0.15) is 5.75 Å². The lowest BCUT2D eigenvalue weighted by Crippen LogP contribution is -1.92. The summed E-state index contributed by atoms with van der Waals surface area (Å²) in [6.45, 7) is 0. The summed E-state index contributed by atoms with van der Waals surface area (Å²) in [5, 5.41) is 18.6. The van der Waals surface area contributed by atoms with Gasteiger partial charge in [-0.05, 0) is 24.4 Å². The molecule has 0 radical (unpaired) electrons. The van der Waals surface area contributed by atoms with Crippen LogP contribution in [0.1, 0.15) is 5.56 Å². The molecule has 4 N–H and O–H groups in total. The van der Waals surface area contributed by atoms with Crippen LogP contribution in [0.4, 0.5) is 5.95 Å². The fourth-order valence-electron chi connectivity index (χ4n) is 1.08. The number of hydrogen-bond donors (Lipinski definition) is 4. The second kappa shape index (κ2) is 4.58. The van der Waals surface area contributed by atoms with E-state index in [9.17, 15) is 5.11 Å². The van der Waals surface area contributed by atoms with Gasteiger partial charge in [0.2, 0.25) is 10.7 Å². The first kappa shape index (κ1) is 10.4. The number of aromatic hydroxyl groups is 1. The topological polar surface area (TPSA) is 89.1 Å². The summed E-state index contributed by atoms with van der Waals surface area (Å²) in [5.41, 5.74) is 3.25. The van der Waals surface area contributed by atoms with Crippen LogP contribution in [0.2, 0.25) is 0 Å². The van der Waals surface area contributed by atoms with Crippen LogP contribution in [0.5, 0.6) is 5.75 Å². The number of phenolic OH excluding ortho intramolecular Hbond substituents is 1. The number of aromatic amines is 2. The molecule has 0 aliphatic heterocycles. The van der Waals surface area contributed by atoms with Gasteiger partial charge in [0, 0.05) is 5.56 Å². The van der Waals surface area contributed by atoms with E-state index in [0.717, 1.165) is 0 Å². The fourth-order valence-corrected chi connectivity index (χ4v) is 1.23. The van der Waals surface area contributed by atoms with E-state index < -0.39 is 0 Å². The maximum absolute atomic E-state index is 9.45. The van der Waals surface area contributed by atoms with E-state index in [1.54, 1.807) is 18.2 Å². The minimum absolute atomic E-state index is 0.169. The molecule has 0 fully saturated rings. The molecule has 0 aliphatic rings. The van der Waals surface area contributed by atoms with E-state index in [1.165, 1.54) is 6.21 Å². The van der Waals surface area contributed by atoms with Crippen molar-refractivity contribution >= 4 is 24.4 Å². The molecule has 0 bridgehead atoms. The van der Waals surface area contributed by atoms with Crippen molar-refractivity contribution in [3.05, 3.63) is 34.6 Å². The number of H-pyrrole nitrogens is 2. The molecule has 0 atom stereocenters. The summed E-state index contributed by atoms with van der Waals surface area (Å²) < 4.78 is 0.347. The van der Waals surface area contributed by atoms with Crippen molar-refractivity contribution in [3.63, 3.8) is 0 Å². The maximum Gasteiger partial charge on any atom is 0.238 e. The van der Waals surface area contributed by atoms with Gasteiger partial charge in [-0.15, -0.1) is 0 Å². The predicted molar refractivity (Wildman–Crippen MR) is 63.1 cm³/mol. The molecule has 2 rings (SSSR count). The zero-order valence-electron chi connectivity index (χ0n) is 8.14. The quantitative estimate of drug-likeness (QED) is 0.370. The third kappa shape index (κ3) is 2.45. The van der Waals surface area contributed by atoms with Gasteiger partial charge in [-0.1, -0.05) is 12.1 Å². The number of rotatable bonds is 3. The zero-order chi connectivity index (χ0) is 11.4. The molecule has 82 valence electrons. The minimum Gasteiger partial charge on any atom is -0.507 e. The Balaban J connectivity index is 2.05. The lowest BCUT2D eigenvalue weighted by atomic mass is 10.2. The summed E-state index contributed by atoms with van der Waals surface area (Å²) in [6, 6.07) is 6.88. The minimum atomic E-state index is 0.169. The van der Waals surface area contributed by atoms with Crippen molar-refractivity contribution < 1.29 is 5.11 Å². The van der Waals surface area contributed by atoms with Crippen LogP contribution in [-0.2, 0) is 0 Å². The Labute approximate surface area is 96.0 Å². The Kier molecular flexibility index (Phi) is 2.97.